The topological polar surface area (TPSA) is 52.6 Å². The molecule has 0 spiro atoms. The first-order valence-corrected chi connectivity index (χ1v) is 8.58. The van der Waals surface area contributed by atoms with Crippen molar-refractivity contribution in [3.63, 3.8) is 0 Å². The van der Waals surface area contributed by atoms with Gasteiger partial charge in [-0.25, -0.2) is 0 Å². The summed E-state index contributed by atoms with van der Waals surface area (Å²) in [7, 11) is 0. The number of carbonyl (C=O) groups excluding carboxylic acids is 2. The number of hydrogen-bond acceptors (Lipinski definition) is 4. The van der Waals surface area contributed by atoms with Crippen LogP contribution in [-0.4, -0.2) is 25.2 Å². The molecular weight excluding hydrogens is 280 g/mol. The molecule has 0 rings (SSSR count). The van der Waals surface area contributed by atoms with Crippen molar-refractivity contribution in [2.75, 3.05) is 13.2 Å². The largest absolute Gasteiger partial charge is 0.466 e. The molecule has 0 aliphatic heterocycles. The Labute approximate surface area is 136 Å². The highest BCUT2D eigenvalue weighted by Crippen LogP contribution is 2.03. The van der Waals surface area contributed by atoms with Crippen LogP contribution in [0.15, 0.2) is 0 Å². The molecule has 0 bridgehead atoms. The van der Waals surface area contributed by atoms with Gasteiger partial charge in [-0.3, -0.25) is 9.59 Å². The molecular formula is C18H36O4. The zero-order valence-corrected chi connectivity index (χ0v) is 15.4. The summed E-state index contributed by atoms with van der Waals surface area (Å²) in [5.74, 6) is 1.01. The molecule has 0 aliphatic rings. The van der Waals surface area contributed by atoms with Gasteiger partial charge in [-0.1, -0.05) is 47.5 Å². The third-order valence-electron chi connectivity index (χ3n) is 2.94. The van der Waals surface area contributed by atoms with E-state index < -0.39 is 0 Å². The highest BCUT2D eigenvalue weighted by Gasteiger charge is 2.02. The Morgan fingerprint density at radius 2 is 1.36 bits per heavy atom. The lowest BCUT2D eigenvalue weighted by molar-refractivity contribution is -0.144. The Bertz CT molecular complexity index is 272. The van der Waals surface area contributed by atoms with Crippen LogP contribution in [0.3, 0.4) is 0 Å². The van der Waals surface area contributed by atoms with Crippen LogP contribution in [0.4, 0.5) is 0 Å². The van der Waals surface area contributed by atoms with Crippen LogP contribution in [0, 0.1) is 11.8 Å². The van der Waals surface area contributed by atoms with E-state index >= 15 is 0 Å². The summed E-state index contributed by atoms with van der Waals surface area (Å²) in [6.07, 6.45) is 5.76. The summed E-state index contributed by atoms with van der Waals surface area (Å²) in [6.45, 7) is 13.2. The molecule has 22 heavy (non-hydrogen) atoms. The maximum atomic E-state index is 11.1. The van der Waals surface area contributed by atoms with Gasteiger partial charge in [0.15, 0.2) is 0 Å². The maximum Gasteiger partial charge on any atom is 0.305 e. The third kappa shape index (κ3) is 24.0. The third-order valence-corrected chi connectivity index (χ3v) is 2.94. The number of esters is 2. The average molecular weight is 316 g/mol. The first-order valence-electron chi connectivity index (χ1n) is 8.58. The molecule has 0 heterocycles. The second-order valence-corrected chi connectivity index (χ2v) is 6.38. The zero-order chi connectivity index (χ0) is 17.4. The van der Waals surface area contributed by atoms with Gasteiger partial charge >= 0.3 is 11.9 Å². The molecule has 0 aromatic rings. The minimum atomic E-state index is -0.185. The van der Waals surface area contributed by atoms with Crippen molar-refractivity contribution in [1.29, 1.82) is 0 Å². The van der Waals surface area contributed by atoms with Crippen molar-refractivity contribution >= 4 is 11.9 Å². The van der Waals surface area contributed by atoms with Crippen molar-refractivity contribution in [2.45, 2.75) is 80.1 Å². The van der Waals surface area contributed by atoms with E-state index in [9.17, 15) is 9.59 Å². The van der Waals surface area contributed by atoms with Gasteiger partial charge in [0.1, 0.15) is 0 Å². The van der Waals surface area contributed by atoms with E-state index in [4.69, 9.17) is 9.47 Å². The fourth-order valence-corrected chi connectivity index (χ4v) is 1.44. The van der Waals surface area contributed by atoms with Crippen molar-refractivity contribution in [2.24, 2.45) is 11.8 Å². The van der Waals surface area contributed by atoms with E-state index in [1.165, 1.54) is 6.92 Å². The van der Waals surface area contributed by atoms with E-state index in [-0.39, 0.29) is 11.9 Å². The molecule has 0 N–H and O–H groups in total. The minimum absolute atomic E-state index is 0.0332. The molecule has 0 unspecified atom stereocenters. The van der Waals surface area contributed by atoms with Crippen molar-refractivity contribution < 1.29 is 19.1 Å². The molecule has 0 fully saturated rings. The fraction of sp³-hybridized carbons (Fsp3) is 0.889. The van der Waals surface area contributed by atoms with Gasteiger partial charge in [-0.05, 0) is 31.1 Å². The van der Waals surface area contributed by atoms with Crippen LogP contribution < -0.4 is 0 Å². The standard InChI is InChI=1S/C11H22O2.C7H14O2/c1-4-5-6-7-11(12)13-9-8-10(2)3;1-6(2)4-5-9-7(3)8/h10H,4-9H2,1-3H3;6H,4-5H2,1-3H3. The molecule has 132 valence electrons. The lowest BCUT2D eigenvalue weighted by atomic mass is 10.1. The smallest absolute Gasteiger partial charge is 0.305 e. The Morgan fingerprint density at radius 1 is 0.864 bits per heavy atom. The summed E-state index contributed by atoms with van der Waals surface area (Å²) in [6, 6.07) is 0. The van der Waals surface area contributed by atoms with Gasteiger partial charge in [0.25, 0.3) is 0 Å². The molecule has 4 nitrogen and oxygen atoms in total. The van der Waals surface area contributed by atoms with Crippen LogP contribution >= 0.6 is 0 Å². The predicted octanol–water partition coefficient (Wildman–Crippen LogP) is 4.75. The summed E-state index contributed by atoms with van der Waals surface area (Å²) < 4.78 is 9.77. The zero-order valence-electron chi connectivity index (χ0n) is 15.4. The number of ether oxygens (including phenoxy) is 2. The Hall–Kier alpha value is -1.06. The molecule has 0 amide bonds. The molecule has 0 atom stereocenters. The summed E-state index contributed by atoms with van der Waals surface area (Å²) >= 11 is 0. The summed E-state index contributed by atoms with van der Waals surface area (Å²) in [5.41, 5.74) is 0. The Morgan fingerprint density at radius 3 is 1.77 bits per heavy atom. The average Bonchev–Trinajstić information content (AvgIpc) is 2.38. The van der Waals surface area contributed by atoms with Gasteiger partial charge in [-0.15, -0.1) is 0 Å². The first-order chi connectivity index (χ1) is 10.3. The van der Waals surface area contributed by atoms with Crippen LogP contribution in [0.1, 0.15) is 80.1 Å². The molecule has 0 saturated heterocycles. The molecule has 0 saturated carbocycles. The summed E-state index contributed by atoms with van der Waals surface area (Å²) in [4.78, 5) is 21.3. The molecule has 4 heteroatoms. The first kappa shape index (κ1) is 23.2. The van der Waals surface area contributed by atoms with Crippen molar-refractivity contribution in [1.82, 2.24) is 0 Å². The van der Waals surface area contributed by atoms with Crippen LogP contribution in [-0.2, 0) is 19.1 Å². The quantitative estimate of drug-likeness (QED) is 0.431. The molecule has 0 radical (unpaired) electrons. The molecule has 0 aromatic heterocycles. The summed E-state index contributed by atoms with van der Waals surface area (Å²) in [5, 5.41) is 0. The van der Waals surface area contributed by atoms with Crippen LogP contribution in [0.5, 0.6) is 0 Å². The maximum absolute atomic E-state index is 11.1. The SMILES string of the molecule is CC(=O)OCCC(C)C.CCCCCC(=O)OCCC(C)C. The number of rotatable bonds is 10. The molecule has 0 aromatic carbocycles. The minimum Gasteiger partial charge on any atom is -0.466 e. The second-order valence-electron chi connectivity index (χ2n) is 6.38. The van der Waals surface area contributed by atoms with Gasteiger partial charge in [-0.2, -0.15) is 0 Å². The second kappa shape index (κ2) is 16.3. The van der Waals surface area contributed by atoms with Gasteiger partial charge in [0, 0.05) is 13.3 Å². The Balaban J connectivity index is 0. The lowest BCUT2D eigenvalue weighted by Gasteiger charge is -2.06. The van der Waals surface area contributed by atoms with E-state index in [1.54, 1.807) is 0 Å². The van der Waals surface area contributed by atoms with Crippen molar-refractivity contribution in [3.8, 4) is 0 Å². The van der Waals surface area contributed by atoms with Gasteiger partial charge in [0.2, 0.25) is 0 Å². The van der Waals surface area contributed by atoms with Crippen LogP contribution in [0.2, 0.25) is 0 Å². The van der Waals surface area contributed by atoms with E-state index in [0.717, 1.165) is 32.1 Å². The lowest BCUT2D eigenvalue weighted by Crippen LogP contribution is -2.07. The van der Waals surface area contributed by atoms with Gasteiger partial charge < -0.3 is 9.47 Å². The highest BCUT2D eigenvalue weighted by atomic mass is 16.5. The number of carbonyl (C=O) groups is 2. The Kier molecular flexibility index (Phi) is 17.2. The normalized spacial score (nSPS) is 10.2. The predicted molar refractivity (Wildman–Crippen MR) is 90.6 cm³/mol. The monoisotopic (exact) mass is 316 g/mol. The molecule has 0 aliphatic carbocycles. The van der Waals surface area contributed by atoms with E-state index in [2.05, 4.69) is 34.6 Å². The van der Waals surface area contributed by atoms with Crippen LogP contribution in [0.25, 0.3) is 0 Å². The number of unbranched alkanes of at least 4 members (excludes halogenated alkanes) is 2. The van der Waals surface area contributed by atoms with Gasteiger partial charge in [0.05, 0.1) is 13.2 Å². The highest BCUT2D eigenvalue weighted by molar-refractivity contribution is 5.69. The number of hydrogen-bond donors (Lipinski definition) is 0. The fourth-order valence-electron chi connectivity index (χ4n) is 1.44. The van der Waals surface area contributed by atoms with E-state index in [1.807, 2.05) is 0 Å². The van der Waals surface area contributed by atoms with E-state index in [0.29, 0.717) is 31.5 Å². The van der Waals surface area contributed by atoms with Crippen molar-refractivity contribution in [3.05, 3.63) is 0 Å².